The third-order valence-corrected chi connectivity index (χ3v) is 13.8. The summed E-state index contributed by atoms with van der Waals surface area (Å²) in [6, 6.07) is 33.6. The summed E-state index contributed by atoms with van der Waals surface area (Å²) in [5.41, 5.74) is 11.3. The minimum Gasteiger partial charge on any atom is -0.483 e. The number of benzene rings is 5. The lowest BCUT2D eigenvalue weighted by atomic mass is 10.2. The molecule has 0 atom stereocenters. The summed E-state index contributed by atoms with van der Waals surface area (Å²) in [5.74, 6) is -0.221. The van der Waals surface area contributed by atoms with Gasteiger partial charge >= 0.3 is 0 Å². The average Bonchev–Trinajstić information content (AvgIpc) is 3.74. The van der Waals surface area contributed by atoms with Gasteiger partial charge in [0.05, 0.1) is 20.8 Å². The molecule has 464 valence electrons. The van der Waals surface area contributed by atoms with Crippen LogP contribution >= 0.6 is 0 Å². The van der Waals surface area contributed by atoms with E-state index < -0.39 is 15.7 Å². The molecule has 5 aromatic carbocycles. The first-order chi connectivity index (χ1) is 41.3. The van der Waals surface area contributed by atoms with E-state index >= 15 is 0 Å². The maximum absolute atomic E-state index is 12.2. The number of nitro benzene ring substituents is 3. The molecular formula is C58H78FN15O12. The molecule has 5 saturated heterocycles. The van der Waals surface area contributed by atoms with Crippen molar-refractivity contribution in [2.24, 2.45) is 0 Å². The number of nitrogens with zero attached hydrogens (tertiary/aromatic N) is 10. The van der Waals surface area contributed by atoms with E-state index in [2.05, 4.69) is 46.9 Å². The van der Waals surface area contributed by atoms with Crippen LogP contribution in [-0.2, 0) is 24.0 Å². The Bertz CT molecular complexity index is 2940. The molecule has 5 aliphatic heterocycles. The van der Waals surface area contributed by atoms with Crippen LogP contribution in [0.25, 0.3) is 0 Å². The molecule has 27 nitrogen and oxygen atoms in total. The standard InChI is InChI=1S/C13H17N3O2.C12H15N3O3.C12H17N3O.C10H13N3O2.C6H4FNO2.C4H10N2.CH2O2/c1-11(18)15-5-7-16(8-6-15)13-4-2-3-12(9-13)14-10-17;1-10(16)13-5-7-14(8-6-13)11-3-2-4-12(9-11)15(17)18;1-10(16)14-5-7-15(8-6-14)12-4-2-3-11(13)9-12;14-13(15)10-3-1-2-9(8-10)12-6-4-11-5-7-12;7-5-2-1-3-6(4-5)8(9)10;1-2-6-4-3-5-1;2-1-3/h2-4,9-10H,5-8H2,1H3,(H,14,17);2-4,9H,5-8H2,1H3;2-4,9H,5-8,13H2,1H3;1-3,8,11H,4-7H2;1-4H;5-6H,1-4H2;1H,(H,2,3). The zero-order valence-electron chi connectivity index (χ0n) is 48.7. The third-order valence-electron chi connectivity index (χ3n) is 13.8. The number of rotatable bonds is 9. The molecule has 5 fully saturated rings. The van der Waals surface area contributed by atoms with Gasteiger partial charge in [-0.05, 0) is 54.6 Å². The molecule has 5 aromatic rings. The number of nitro groups is 3. The van der Waals surface area contributed by atoms with Gasteiger partial charge in [-0.2, -0.15) is 0 Å². The van der Waals surface area contributed by atoms with Gasteiger partial charge in [0, 0.05) is 216 Å². The molecule has 0 spiro atoms. The highest BCUT2D eigenvalue weighted by Gasteiger charge is 2.22. The summed E-state index contributed by atoms with van der Waals surface area (Å²) in [6.45, 7) is 22.0. The summed E-state index contributed by atoms with van der Waals surface area (Å²) in [7, 11) is 0. The smallest absolute Gasteiger partial charge is 0.290 e. The first kappa shape index (κ1) is 69.0. The van der Waals surface area contributed by atoms with Gasteiger partial charge in [0.25, 0.3) is 23.5 Å². The second kappa shape index (κ2) is 37.6. The van der Waals surface area contributed by atoms with Crippen LogP contribution in [-0.4, -0.2) is 196 Å². The van der Waals surface area contributed by atoms with Crippen LogP contribution in [0, 0.1) is 36.2 Å². The number of nitrogens with one attached hydrogen (secondary N) is 4. The predicted molar refractivity (Wildman–Crippen MR) is 329 cm³/mol. The van der Waals surface area contributed by atoms with Crippen LogP contribution in [0.4, 0.5) is 55.6 Å². The zero-order valence-corrected chi connectivity index (χ0v) is 48.7. The molecule has 10 rings (SSSR count). The monoisotopic (exact) mass is 1200 g/mol. The van der Waals surface area contributed by atoms with Crippen LogP contribution in [0.15, 0.2) is 121 Å². The highest BCUT2D eigenvalue weighted by atomic mass is 19.1. The van der Waals surface area contributed by atoms with E-state index in [4.69, 9.17) is 15.6 Å². The lowest BCUT2D eigenvalue weighted by Gasteiger charge is -2.35. The summed E-state index contributed by atoms with van der Waals surface area (Å²) in [4.78, 5) is 96.5. The number of carbonyl (C=O) groups excluding carboxylic acids is 4. The summed E-state index contributed by atoms with van der Waals surface area (Å²) in [6.07, 6.45) is 0.673. The number of piperazine rings is 5. The molecule has 0 bridgehead atoms. The topological polar surface area (TPSA) is 332 Å². The molecule has 0 unspecified atom stereocenters. The van der Waals surface area contributed by atoms with Gasteiger partial charge in [0.1, 0.15) is 5.82 Å². The van der Waals surface area contributed by atoms with Crippen molar-refractivity contribution in [3.05, 3.63) is 157 Å². The molecule has 86 heavy (non-hydrogen) atoms. The number of nitrogens with two attached hydrogens (primary N) is 1. The summed E-state index contributed by atoms with van der Waals surface area (Å²) < 4.78 is 12.2. The second-order valence-corrected chi connectivity index (χ2v) is 19.5. The number of halogens is 1. The van der Waals surface area contributed by atoms with Crippen molar-refractivity contribution < 1.29 is 48.2 Å². The molecule has 0 aromatic heterocycles. The van der Waals surface area contributed by atoms with Crippen LogP contribution in [0.1, 0.15) is 20.8 Å². The van der Waals surface area contributed by atoms with Crippen molar-refractivity contribution in [2.75, 3.05) is 162 Å². The normalized spacial score (nSPS) is 15.3. The van der Waals surface area contributed by atoms with Crippen LogP contribution in [0.3, 0.4) is 0 Å². The van der Waals surface area contributed by atoms with E-state index in [1.165, 1.54) is 24.3 Å². The molecule has 5 heterocycles. The first-order valence-electron chi connectivity index (χ1n) is 27.8. The summed E-state index contributed by atoms with van der Waals surface area (Å²) in [5, 5.41) is 50.5. The van der Waals surface area contributed by atoms with Crippen molar-refractivity contribution in [3.8, 4) is 0 Å². The number of anilines is 6. The molecular weight excluding hydrogens is 1120 g/mol. The third kappa shape index (κ3) is 24.7. The van der Waals surface area contributed by atoms with E-state index in [0.717, 1.165) is 151 Å². The predicted octanol–water partition coefficient (Wildman–Crippen LogP) is 4.74. The quantitative estimate of drug-likeness (QED) is 0.0502. The average molecular weight is 1200 g/mol. The maximum Gasteiger partial charge on any atom is 0.290 e. The van der Waals surface area contributed by atoms with Crippen molar-refractivity contribution in [3.63, 3.8) is 0 Å². The number of carbonyl (C=O) groups is 5. The molecule has 5 aliphatic rings. The van der Waals surface area contributed by atoms with Crippen molar-refractivity contribution in [1.82, 2.24) is 30.7 Å². The Kier molecular flexibility index (Phi) is 30.2. The number of nitrogen functional groups attached to an aromatic ring is 1. The molecule has 28 heteroatoms. The minimum absolute atomic E-state index is 0.0775. The van der Waals surface area contributed by atoms with Crippen molar-refractivity contribution >= 4 is 81.8 Å². The summed E-state index contributed by atoms with van der Waals surface area (Å²) >= 11 is 0. The van der Waals surface area contributed by atoms with Gasteiger partial charge in [0.2, 0.25) is 24.1 Å². The van der Waals surface area contributed by atoms with Gasteiger partial charge in [-0.1, -0.05) is 30.3 Å². The zero-order chi connectivity index (χ0) is 62.8. The van der Waals surface area contributed by atoms with Gasteiger partial charge in [-0.25, -0.2) is 4.39 Å². The SMILES string of the molecule is C1CNCCN1.CC(=O)N1CCN(c2cccc(N)c2)CC1.CC(=O)N1CCN(c2cccc(NC=O)c2)CC1.CC(=O)N1CCN(c2cccc([N+](=O)[O-])c2)CC1.O=CO.O=[N+]([O-])c1cccc(F)c1.O=[N+]([O-])c1cccc(N2CCNCC2)c1. The Hall–Kier alpha value is -9.54. The Morgan fingerprint density at radius 3 is 1.12 bits per heavy atom. The van der Waals surface area contributed by atoms with Gasteiger partial charge in [0.15, 0.2) is 0 Å². The van der Waals surface area contributed by atoms with Crippen LogP contribution in [0.5, 0.6) is 0 Å². The van der Waals surface area contributed by atoms with Gasteiger partial charge in [-0.15, -0.1) is 0 Å². The van der Waals surface area contributed by atoms with E-state index in [-0.39, 0.29) is 46.2 Å². The van der Waals surface area contributed by atoms with Gasteiger partial charge < -0.3 is 66.4 Å². The molecule has 0 aliphatic carbocycles. The second-order valence-electron chi connectivity index (χ2n) is 19.5. The lowest BCUT2D eigenvalue weighted by Crippen LogP contribution is -2.48. The molecule has 7 N–H and O–H groups in total. The number of hydrogen-bond donors (Lipinski definition) is 6. The Labute approximate surface area is 498 Å². The Balaban J connectivity index is 0.000000224. The molecule has 0 radical (unpaired) electrons. The number of carboxylic acid groups (broad SMARTS) is 1. The van der Waals surface area contributed by atoms with Crippen molar-refractivity contribution in [2.45, 2.75) is 20.8 Å². The Morgan fingerprint density at radius 1 is 0.477 bits per heavy atom. The highest BCUT2D eigenvalue weighted by molar-refractivity contribution is 5.76. The number of hydrogen-bond acceptors (Lipinski definition) is 19. The Morgan fingerprint density at radius 2 is 0.791 bits per heavy atom. The highest BCUT2D eigenvalue weighted by Crippen LogP contribution is 2.25. The fraction of sp³-hybridized carbons (Fsp3) is 0.397. The van der Waals surface area contributed by atoms with E-state index in [1.807, 2.05) is 64.4 Å². The lowest BCUT2D eigenvalue weighted by molar-refractivity contribution is -0.385. The minimum atomic E-state index is -0.636. The van der Waals surface area contributed by atoms with E-state index in [9.17, 15) is 53.9 Å². The largest absolute Gasteiger partial charge is 0.483 e. The van der Waals surface area contributed by atoms with E-state index in [1.54, 1.807) is 49.9 Å². The molecule has 0 saturated carbocycles. The van der Waals surface area contributed by atoms with Gasteiger partial charge in [-0.3, -0.25) is 54.3 Å². The van der Waals surface area contributed by atoms with Crippen LogP contribution in [0.2, 0.25) is 0 Å². The maximum atomic E-state index is 12.2. The first-order valence-corrected chi connectivity index (χ1v) is 27.8. The fourth-order valence-electron chi connectivity index (χ4n) is 9.14. The fourth-order valence-corrected chi connectivity index (χ4v) is 9.14. The molecule has 4 amide bonds. The van der Waals surface area contributed by atoms with E-state index in [0.29, 0.717) is 32.6 Å². The van der Waals surface area contributed by atoms with Crippen LogP contribution < -0.4 is 46.6 Å². The number of amides is 4. The number of non-ortho nitro benzene ring substituents is 3. The van der Waals surface area contributed by atoms with Crippen molar-refractivity contribution in [1.29, 1.82) is 0 Å².